The Kier molecular flexibility index (Phi) is 3.22. The summed E-state index contributed by atoms with van der Waals surface area (Å²) in [6.45, 7) is 2.03. The minimum atomic E-state index is -0.140. The number of aliphatic hydroxyl groups is 1. The molecule has 1 aliphatic carbocycles. The van der Waals surface area contributed by atoms with Gasteiger partial charge < -0.3 is 5.11 Å². The van der Waals surface area contributed by atoms with Gasteiger partial charge in [-0.2, -0.15) is 0 Å². The summed E-state index contributed by atoms with van der Waals surface area (Å²) in [5.74, 6) is 0. The van der Waals surface area contributed by atoms with Crippen LogP contribution < -0.4 is 0 Å². The lowest BCUT2D eigenvalue weighted by Gasteiger charge is -2.09. The number of fused-ring (bicyclic) bond motifs is 1. The summed E-state index contributed by atoms with van der Waals surface area (Å²) in [6, 6.07) is 8.56. The molecule has 80 valence electrons. The van der Waals surface area contributed by atoms with Crippen LogP contribution >= 0.6 is 0 Å². The first kappa shape index (κ1) is 10.4. The minimum absolute atomic E-state index is 0.140. The van der Waals surface area contributed by atoms with Crippen LogP contribution in [-0.4, -0.2) is 11.2 Å². The molecule has 1 heteroatoms. The number of hydrogen-bond donors (Lipinski definition) is 1. The lowest BCUT2D eigenvalue weighted by Crippen LogP contribution is -2.03. The zero-order valence-corrected chi connectivity index (χ0v) is 9.24. The second kappa shape index (κ2) is 4.63. The van der Waals surface area contributed by atoms with Gasteiger partial charge in [0.15, 0.2) is 0 Å². The molecule has 1 aromatic carbocycles. The predicted molar refractivity (Wildman–Crippen MR) is 63.7 cm³/mol. The fraction of sp³-hybridized carbons (Fsp3) is 0.429. The highest BCUT2D eigenvalue weighted by atomic mass is 16.3. The van der Waals surface area contributed by atoms with Gasteiger partial charge in [-0.25, -0.2) is 0 Å². The molecule has 1 nitrogen and oxygen atoms in total. The van der Waals surface area contributed by atoms with Crippen LogP contribution in [0.15, 0.2) is 30.3 Å². The Morgan fingerprint density at radius 2 is 2.13 bits per heavy atom. The normalized spacial score (nSPS) is 16.0. The Hall–Kier alpha value is -1.08. The van der Waals surface area contributed by atoms with E-state index in [2.05, 4.69) is 30.3 Å². The molecule has 1 atom stereocenters. The lowest BCUT2D eigenvalue weighted by atomic mass is 10.00. The molecule has 0 fully saturated rings. The topological polar surface area (TPSA) is 20.2 Å². The molecule has 15 heavy (non-hydrogen) atoms. The molecule has 0 radical (unpaired) electrons. The summed E-state index contributed by atoms with van der Waals surface area (Å²) < 4.78 is 0. The fourth-order valence-corrected chi connectivity index (χ4v) is 2.12. The first-order valence-corrected chi connectivity index (χ1v) is 5.76. The maximum atomic E-state index is 9.54. The van der Waals surface area contributed by atoms with Crippen LogP contribution in [0, 0.1) is 0 Å². The molecule has 1 aliphatic rings. The van der Waals surface area contributed by atoms with Crippen LogP contribution in [0.1, 0.15) is 37.3 Å². The largest absolute Gasteiger partial charge is 0.393 e. The van der Waals surface area contributed by atoms with E-state index in [1.54, 1.807) is 0 Å². The van der Waals surface area contributed by atoms with Crippen molar-refractivity contribution < 1.29 is 5.11 Å². The van der Waals surface area contributed by atoms with Crippen molar-refractivity contribution in [2.24, 2.45) is 0 Å². The zero-order valence-electron chi connectivity index (χ0n) is 9.24. The van der Waals surface area contributed by atoms with Gasteiger partial charge in [-0.1, -0.05) is 37.3 Å². The van der Waals surface area contributed by atoms with E-state index >= 15 is 0 Å². The molecule has 1 unspecified atom stereocenters. The Labute approximate surface area is 91.4 Å². The molecule has 0 heterocycles. The quantitative estimate of drug-likeness (QED) is 0.795. The summed E-state index contributed by atoms with van der Waals surface area (Å²) in [7, 11) is 0. The molecule has 0 amide bonds. The third-order valence-electron chi connectivity index (χ3n) is 3.15. The number of allylic oxidation sites excluding steroid dienone is 2. The van der Waals surface area contributed by atoms with Gasteiger partial charge in [0.05, 0.1) is 6.10 Å². The van der Waals surface area contributed by atoms with Crippen molar-refractivity contribution >= 4 is 5.57 Å². The summed E-state index contributed by atoms with van der Waals surface area (Å²) in [5.41, 5.74) is 4.23. The maximum Gasteiger partial charge on any atom is 0.0540 e. The van der Waals surface area contributed by atoms with Gasteiger partial charge in [0, 0.05) is 0 Å². The van der Waals surface area contributed by atoms with Gasteiger partial charge in [0.2, 0.25) is 0 Å². The van der Waals surface area contributed by atoms with Gasteiger partial charge in [-0.3, -0.25) is 0 Å². The molecule has 0 aliphatic heterocycles. The van der Waals surface area contributed by atoms with Gasteiger partial charge in [-0.15, -0.1) is 0 Å². The third-order valence-corrected chi connectivity index (χ3v) is 3.15. The van der Waals surface area contributed by atoms with Crippen molar-refractivity contribution in [3.8, 4) is 0 Å². The SMILES string of the molecule is CCC(O)CCC1=CCc2ccccc21. The van der Waals surface area contributed by atoms with E-state index in [0.717, 1.165) is 25.7 Å². The lowest BCUT2D eigenvalue weighted by molar-refractivity contribution is 0.162. The Balaban J connectivity index is 2.01. The van der Waals surface area contributed by atoms with Gasteiger partial charge in [-0.05, 0) is 42.4 Å². The average Bonchev–Trinajstić information content (AvgIpc) is 2.69. The molecule has 0 saturated carbocycles. The third kappa shape index (κ3) is 2.29. The summed E-state index contributed by atoms with van der Waals surface area (Å²) in [4.78, 5) is 0. The van der Waals surface area contributed by atoms with Gasteiger partial charge >= 0.3 is 0 Å². The Bertz CT molecular complexity index is 365. The van der Waals surface area contributed by atoms with Crippen molar-refractivity contribution in [3.05, 3.63) is 41.5 Å². The van der Waals surface area contributed by atoms with E-state index in [-0.39, 0.29) is 6.10 Å². The van der Waals surface area contributed by atoms with Crippen molar-refractivity contribution in [2.75, 3.05) is 0 Å². The first-order chi connectivity index (χ1) is 7.31. The Morgan fingerprint density at radius 3 is 2.93 bits per heavy atom. The molecular formula is C14H18O. The molecule has 0 aromatic heterocycles. The van der Waals surface area contributed by atoms with E-state index in [9.17, 15) is 5.11 Å². The molecule has 0 saturated heterocycles. The first-order valence-electron chi connectivity index (χ1n) is 5.76. The number of aliphatic hydroxyl groups excluding tert-OH is 1. The summed E-state index contributed by atoms with van der Waals surface area (Å²) >= 11 is 0. The van der Waals surface area contributed by atoms with E-state index < -0.39 is 0 Å². The zero-order chi connectivity index (χ0) is 10.7. The Morgan fingerprint density at radius 1 is 1.33 bits per heavy atom. The van der Waals surface area contributed by atoms with Crippen LogP contribution in [0.25, 0.3) is 5.57 Å². The van der Waals surface area contributed by atoms with E-state index in [1.807, 2.05) is 6.92 Å². The molecule has 1 N–H and O–H groups in total. The van der Waals surface area contributed by atoms with Crippen molar-refractivity contribution in [2.45, 2.75) is 38.7 Å². The monoisotopic (exact) mass is 202 g/mol. The maximum absolute atomic E-state index is 9.54. The van der Waals surface area contributed by atoms with Crippen molar-refractivity contribution in [3.63, 3.8) is 0 Å². The van der Waals surface area contributed by atoms with Gasteiger partial charge in [0.1, 0.15) is 0 Å². The highest BCUT2D eigenvalue weighted by Gasteiger charge is 2.13. The standard InChI is InChI=1S/C14H18O/c1-2-13(15)10-9-12-8-7-11-5-3-4-6-14(11)12/h3-6,8,13,15H,2,7,9-10H2,1H3. The van der Waals surface area contributed by atoms with Crippen molar-refractivity contribution in [1.82, 2.24) is 0 Å². The van der Waals surface area contributed by atoms with Crippen LogP contribution in [-0.2, 0) is 6.42 Å². The van der Waals surface area contributed by atoms with Gasteiger partial charge in [0.25, 0.3) is 0 Å². The second-order valence-corrected chi connectivity index (χ2v) is 4.19. The number of rotatable bonds is 4. The highest BCUT2D eigenvalue weighted by molar-refractivity contribution is 5.72. The van der Waals surface area contributed by atoms with Crippen molar-refractivity contribution in [1.29, 1.82) is 0 Å². The number of hydrogen-bond acceptors (Lipinski definition) is 1. The smallest absolute Gasteiger partial charge is 0.0540 e. The molecule has 2 rings (SSSR count). The predicted octanol–water partition coefficient (Wildman–Crippen LogP) is 3.18. The molecule has 0 spiro atoms. The minimum Gasteiger partial charge on any atom is -0.393 e. The molecule has 0 bridgehead atoms. The van der Waals surface area contributed by atoms with Crippen LogP contribution in [0.3, 0.4) is 0 Å². The highest BCUT2D eigenvalue weighted by Crippen LogP contribution is 2.30. The average molecular weight is 202 g/mol. The summed E-state index contributed by atoms with van der Waals surface area (Å²) in [5, 5.41) is 9.54. The van der Waals surface area contributed by atoms with Crippen LogP contribution in [0.5, 0.6) is 0 Å². The fourth-order valence-electron chi connectivity index (χ4n) is 2.12. The second-order valence-electron chi connectivity index (χ2n) is 4.19. The van der Waals surface area contributed by atoms with E-state index in [4.69, 9.17) is 0 Å². The van der Waals surface area contributed by atoms with E-state index in [1.165, 1.54) is 16.7 Å². The van der Waals surface area contributed by atoms with E-state index in [0.29, 0.717) is 0 Å². The summed E-state index contributed by atoms with van der Waals surface area (Å²) in [6.07, 6.45) is 5.97. The molecular weight excluding hydrogens is 184 g/mol. The molecule has 1 aromatic rings. The van der Waals surface area contributed by atoms with Crippen LogP contribution in [0.4, 0.5) is 0 Å². The number of benzene rings is 1. The van der Waals surface area contributed by atoms with Crippen LogP contribution in [0.2, 0.25) is 0 Å².